The zero-order valence-electron chi connectivity index (χ0n) is 11.6. The second-order valence-corrected chi connectivity index (χ2v) is 7.91. The monoisotopic (exact) mass is 299 g/mol. The lowest BCUT2D eigenvalue weighted by atomic mass is 10.1. The first-order valence-corrected chi connectivity index (χ1v) is 7.63. The van der Waals surface area contributed by atoms with Crippen LogP contribution in [0.4, 0.5) is 0 Å². The van der Waals surface area contributed by atoms with Gasteiger partial charge in [-0.15, -0.1) is 0 Å². The zero-order chi connectivity index (χ0) is 14.2. The number of halogens is 1. The summed E-state index contributed by atoms with van der Waals surface area (Å²) in [7, 11) is 0.359. The van der Waals surface area contributed by atoms with E-state index in [-0.39, 0.29) is 10.9 Å². The number of fused-ring (bicyclic) bond motifs is 1. The minimum absolute atomic E-state index is 0.139. The van der Waals surface area contributed by atoms with Gasteiger partial charge in [0.25, 0.3) is 0 Å². The number of nitrogens with zero attached hydrogens (tertiary/aromatic N) is 1. The summed E-state index contributed by atoms with van der Waals surface area (Å²) in [6.45, 7) is 5.73. The Hall–Kier alpha value is -0.710. The number of hydrogen-bond donors (Lipinski definition) is 0. The van der Waals surface area contributed by atoms with Crippen LogP contribution >= 0.6 is 11.6 Å². The Morgan fingerprint density at radius 3 is 2.68 bits per heavy atom. The van der Waals surface area contributed by atoms with Crippen molar-refractivity contribution in [3.63, 3.8) is 0 Å². The van der Waals surface area contributed by atoms with Crippen LogP contribution < -0.4 is 0 Å². The van der Waals surface area contributed by atoms with Gasteiger partial charge in [0, 0.05) is 24.1 Å². The van der Waals surface area contributed by atoms with Gasteiger partial charge >= 0.3 is 0 Å². The predicted molar refractivity (Wildman–Crippen MR) is 80.4 cm³/mol. The van der Waals surface area contributed by atoms with E-state index in [0.29, 0.717) is 5.02 Å². The number of benzene rings is 1. The Bertz CT molecular complexity index is 549. The van der Waals surface area contributed by atoms with E-state index >= 15 is 0 Å². The van der Waals surface area contributed by atoms with Crippen molar-refractivity contribution >= 4 is 28.3 Å². The molecule has 5 heteroatoms. The third-order valence-corrected chi connectivity index (χ3v) is 4.69. The van der Waals surface area contributed by atoms with Crippen LogP contribution in [0, 0.1) is 0 Å². The van der Waals surface area contributed by atoms with Crippen molar-refractivity contribution < 1.29 is 8.95 Å². The average Bonchev–Trinajstić information content (AvgIpc) is 2.65. The van der Waals surface area contributed by atoms with Crippen LogP contribution in [0.25, 0.3) is 0 Å². The molecular formula is C14H18ClNO2S. The SMILES string of the molecule is CO[C@@H]1Cc2cc(Cl)ccc2C1=NS(=O)C(C)(C)C. The summed E-state index contributed by atoms with van der Waals surface area (Å²) in [4.78, 5) is 0. The molecule has 0 saturated heterocycles. The lowest BCUT2D eigenvalue weighted by molar-refractivity contribution is 0.160. The van der Waals surface area contributed by atoms with Gasteiger partial charge in [-0.1, -0.05) is 17.7 Å². The lowest BCUT2D eigenvalue weighted by Crippen LogP contribution is -2.25. The molecule has 19 heavy (non-hydrogen) atoms. The third kappa shape index (κ3) is 3.07. The highest BCUT2D eigenvalue weighted by atomic mass is 35.5. The van der Waals surface area contributed by atoms with E-state index in [1.807, 2.05) is 39.0 Å². The van der Waals surface area contributed by atoms with E-state index in [2.05, 4.69) is 4.40 Å². The summed E-state index contributed by atoms with van der Waals surface area (Å²) >= 11 is 6.00. The van der Waals surface area contributed by atoms with Crippen molar-refractivity contribution in [2.24, 2.45) is 4.40 Å². The first-order chi connectivity index (χ1) is 8.82. The summed E-state index contributed by atoms with van der Waals surface area (Å²) in [5.41, 5.74) is 2.86. The molecule has 0 bridgehead atoms. The Balaban J connectivity index is 2.45. The van der Waals surface area contributed by atoms with Crippen LogP contribution in [0.15, 0.2) is 22.6 Å². The Morgan fingerprint density at radius 1 is 1.42 bits per heavy atom. The first kappa shape index (κ1) is 14.7. The maximum absolute atomic E-state index is 12.2. The maximum atomic E-state index is 12.2. The molecule has 1 aliphatic rings. The minimum Gasteiger partial charge on any atom is -0.375 e. The van der Waals surface area contributed by atoms with Gasteiger partial charge in [0.05, 0.1) is 10.5 Å². The third-order valence-electron chi connectivity index (χ3n) is 3.04. The van der Waals surface area contributed by atoms with Crippen LogP contribution in [0.2, 0.25) is 5.02 Å². The quantitative estimate of drug-likeness (QED) is 0.841. The van der Waals surface area contributed by atoms with Gasteiger partial charge in [-0.3, -0.25) is 0 Å². The number of methoxy groups -OCH3 is 1. The number of hydrogen-bond acceptors (Lipinski definition) is 2. The molecule has 104 valence electrons. The summed E-state index contributed by atoms with van der Waals surface area (Å²) < 4.78 is 21.7. The highest BCUT2D eigenvalue weighted by Gasteiger charge is 2.31. The molecule has 1 unspecified atom stereocenters. The molecule has 0 N–H and O–H groups in total. The summed E-state index contributed by atoms with van der Waals surface area (Å²) in [5.74, 6) is 0. The Morgan fingerprint density at radius 2 is 2.11 bits per heavy atom. The molecular weight excluding hydrogens is 282 g/mol. The molecule has 0 heterocycles. The van der Waals surface area contributed by atoms with Crippen LogP contribution in [-0.2, 0) is 22.1 Å². The molecule has 0 aromatic heterocycles. The lowest BCUT2D eigenvalue weighted by Gasteiger charge is -2.16. The van der Waals surface area contributed by atoms with E-state index in [9.17, 15) is 4.21 Å². The number of ether oxygens (including phenoxy) is 1. The molecule has 0 fully saturated rings. The van der Waals surface area contributed by atoms with Crippen molar-refractivity contribution in [1.29, 1.82) is 0 Å². The Labute approximate surface area is 121 Å². The van der Waals surface area contributed by atoms with E-state index in [4.69, 9.17) is 16.3 Å². The van der Waals surface area contributed by atoms with Crippen LogP contribution in [0.3, 0.4) is 0 Å². The molecule has 1 aliphatic carbocycles. The maximum Gasteiger partial charge on any atom is 0.145 e. The zero-order valence-corrected chi connectivity index (χ0v) is 13.1. The van der Waals surface area contributed by atoms with Gasteiger partial charge in [-0.25, -0.2) is 4.21 Å². The number of rotatable bonds is 2. The summed E-state index contributed by atoms with van der Waals surface area (Å²) in [6.07, 6.45) is 0.590. The smallest absolute Gasteiger partial charge is 0.145 e. The largest absolute Gasteiger partial charge is 0.375 e. The molecule has 0 aliphatic heterocycles. The molecule has 0 amide bonds. The molecule has 0 spiro atoms. The first-order valence-electron chi connectivity index (χ1n) is 6.15. The van der Waals surface area contributed by atoms with Crippen molar-refractivity contribution in [2.45, 2.75) is 38.0 Å². The van der Waals surface area contributed by atoms with Crippen molar-refractivity contribution in [3.8, 4) is 0 Å². The fourth-order valence-electron chi connectivity index (χ4n) is 1.98. The van der Waals surface area contributed by atoms with Gasteiger partial charge in [-0.2, -0.15) is 4.40 Å². The average molecular weight is 300 g/mol. The highest BCUT2D eigenvalue weighted by Crippen LogP contribution is 2.28. The van der Waals surface area contributed by atoms with Gasteiger partial charge in [0.1, 0.15) is 17.1 Å². The van der Waals surface area contributed by atoms with Crippen LogP contribution in [-0.4, -0.2) is 27.9 Å². The van der Waals surface area contributed by atoms with E-state index in [1.165, 1.54) is 0 Å². The van der Waals surface area contributed by atoms with Gasteiger partial charge < -0.3 is 4.74 Å². The Kier molecular flexibility index (Phi) is 4.14. The topological polar surface area (TPSA) is 38.7 Å². The van der Waals surface area contributed by atoms with Crippen molar-refractivity contribution in [1.82, 2.24) is 0 Å². The van der Waals surface area contributed by atoms with Crippen LogP contribution in [0.1, 0.15) is 31.9 Å². The van der Waals surface area contributed by atoms with E-state index < -0.39 is 11.0 Å². The molecule has 0 saturated carbocycles. The molecule has 2 rings (SSSR count). The minimum atomic E-state index is -1.29. The normalized spacial score (nSPS) is 22.6. The second kappa shape index (κ2) is 5.35. The van der Waals surface area contributed by atoms with Crippen molar-refractivity contribution in [2.75, 3.05) is 7.11 Å². The van der Waals surface area contributed by atoms with Gasteiger partial charge in [0.15, 0.2) is 0 Å². The standard InChI is InChI=1S/C14H18ClNO2S/c1-14(2,3)19(17)16-13-11-6-5-10(15)7-9(11)8-12(13)18-4/h5-7,12H,8H2,1-4H3/t12-,19?/m1/s1. The molecule has 3 nitrogen and oxygen atoms in total. The highest BCUT2D eigenvalue weighted by molar-refractivity contribution is 7.85. The molecule has 1 aromatic carbocycles. The van der Waals surface area contributed by atoms with E-state index in [1.54, 1.807) is 7.11 Å². The van der Waals surface area contributed by atoms with E-state index in [0.717, 1.165) is 23.3 Å². The predicted octanol–water partition coefficient (Wildman–Crippen LogP) is 3.16. The summed E-state index contributed by atoms with van der Waals surface area (Å²) in [6, 6.07) is 5.68. The van der Waals surface area contributed by atoms with Gasteiger partial charge in [-0.05, 0) is 38.5 Å². The van der Waals surface area contributed by atoms with Crippen LogP contribution in [0.5, 0.6) is 0 Å². The second-order valence-electron chi connectivity index (χ2n) is 5.57. The van der Waals surface area contributed by atoms with Gasteiger partial charge in [0.2, 0.25) is 0 Å². The van der Waals surface area contributed by atoms with Crippen molar-refractivity contribution in [3.05, 3.63) is 34.3 Å². The fraction of sp³-hybridized carbons (Fsp3) is 0.500. The summed E-state index contributed by atoms with van der Waals surface area (Å²) in [5, 5.41) is 0.701. The molecule has 0 radical (unpaired) electrons. The molecule has 2 atom stereocenters. The fourth-order valence-corrected chi connectivity index (χ4v) is 2.84. The molecule has 1 aromatic rings.